The average molecular weight is 343 g/mol. The Morgan fingerprint density at radius 1 is 1.61 bits per heavy atom. The van der Waals surface area contributed by atoms with E-state index in [1.165, 1.54) is 6.07 Å². The summed E-state index contributed by atoms with van der Waals surface area (Å²) in [5, 5.41) is 0.118. The molecular formula is C11H11BrClF2NO2. The van der Waals surface area contributed by atoms with Crippen LogP contribution >= 0.6 is 27.5 Å². The first-order valence-electron chi connectivity index (χ1n) is 5.17. The minimum Gasteiger partial charge on any atom is -0.466 e. The molecule has 1 heterocycles. The zero-order chi connectivity index (χ0) is 13.7. The number of carbonyl (C=O) groups is 1. The summed E-state index contributed by atoms with van der Waals surface area (Å²) in [6, 6.07) is 1.34. The molecule has 0 saturated carbocycles. The lowest BCUT2D eigenvalue weighted by Crippen LogP contribution is -2.11. The zero-order valence-electron chi connectivity index (χ0n) is 9.55. The molecule has 0 spiro atoms. The first-order chi connectivity index (χ1) is 8.49. The first-order valence-corrected chi connectivity index (χ1v) is 6.67. The third-order valence-electron chi connectivity index (χ3n) is 2.15. The van der Waals surface area contributed by atoms with Crippen LogP contribution in [0.2, 0.25) is 5.02 Å². The molecule has 18 heavy (non-hydrogen) atoms. The van der Waals surface area contributed by atoms with E-state index in [9.17, 15) is 13.6 Å². The van der Waals surface area contributed by atoms with E-state index in [1.807, 2.05) is 0 Å². The number of pyridine rings is 1. The van der Waals surface area contributed by atoms with Gasteiger partial charge in [0, 0.05) is 5.33 Å². The van der Waals surface area contributed by atoms with Crippen molar-refractivity contribution in [2.24, 2.45) is 0 Å². The van der Waals surface area contributed by atoms with Crippen LogP contribution in [-0.4, -0.2) is 17.6 Å². The lowest BCUT2D eigenvalue weighted by molar-refractivity contribution is -0.142. The van der Waals surface area contributed by atoms with Crippen LogP contribution in [0.1, 0.15) is 30.3 Å². The van der Waals surface area contributed by atoms with Crippen molar-refractivity contribution in [3.05, 3.63) is 28.0 Å². The monoisotopic (exact) mass is 341 g/mol. The largest absolute Gasteiger partial charge is 0.466 e. The number of alkyl halides is 3. The predicted molar refractivity (Wildman–Crippen MR) is 67.2 cm³/mol. The molecule has 0 aliphatic heterocycles. The standard InChI is InChI=1S/C11H11BrClF2NO2/c1-2-18-9(17)4-6-3-7(13)10(11(14)15)16-8(6)5-12/h3,11H,2,4-5H2,1H3. The summed E-state index contributed by atoms with van der Waals surface area (Å²) in [5.74, 6) is -0.442. The van der Waals surface area contributed by atoms with Crippen molar-refractivity contribution in [2.75, 3.05) is 6.61 Å². The third kappa shape index (κ3) is 3.88. The van der Waals surface area contributed by atoms with Gasteiger partial charge in [0.15, 0.2) is 0 Å². The third-order valence-corrected chi connectivity index (χ3v) is 2.98. The highest BCUT2D eigenvalue weighted by molar-refractivity contribution is 9.08. The van der Waals surface area contributed by atoms with E-state index in [0.717, 1.165) is 0 Å². The number of carbonyl (C=O) groups excluding carboxylic acids is 1. The van der Waals surface area contributed by atoms with Crippen LogP contribution in [0.3, 0.4) is 0 Å². The molecule has 0 N–H and O–H groups in total. The molecule has 0 fully saturated rings. The number of aromatic nitrogens is 1. The van der Waals surface area contributed by atoms with Crippen molar-refractivity contribution in [3.63, 3.8) is 0 Å². The van der Waals surface area contributed by atoms with Gasteiger partial charge >= 0.3 is 5.97 Å². The van der Waals surface area contributed by atoms with Crippen LogP contribution in [0.15, 0.2) is 6.07 Å². The predicted octanol–water partition coefficient (Wildman–Crippen LogP) is 3.67. The van der Waals surface area contributed by atoms with Gasteiger partial charge in [0.2, 0.25) is 0 Å². The van der Waals surface area contributed by atoms with E-state index in [-0.39, 0.29) is 23.4 Å². The summed E-state index contributed by atoms with van der Waals surface area (Å²) in [6.07, 6.45) is -2.78. The van der Waals surface area contributed by atoms with Crippen LogP contribution in [0, 0.1) is 0 Å². The summed E-state index contributed by atoms with van der Waals surface area (Å²) < 4.78 is 30.0. The fraction of sp³-hybridized carbons (Fsp3) is 0.455. The normalized spacial score (nSPS) is 10.8. The Labute approximate surface area is 117 Å². The van der Waals surface area contributed by atoms with Crippen molar-refractivity contribution >= 4 is 33.5 Å². The summed E-state index contributed by atoms with van der Waals surface area (Å²) in [5.41, 5.74) is 0.376. The number of hydrogen-bond donors (Lipinski definition) is 0. The van der Waals surface area contributed by atoms with E-state index in [1.54, 1.807) is 6.92 Å². The maximum Gasteiger partial charge on any atom is 0.310 e. The maximum absolute atomic E-state index is 12.6. The molecule has 0 bridgehead atoms. The van der Waals surface area contributed by atoms with Crippen molar-refractivity contribution in [3.8, 4) is 0 Å². The molecule has 1 aromatic heterocycles. The van der Waals surface area contributed by atoms with E-state index in [4.69, 9.17) is 16.3 Å². The highest BCUT2D eigenvalue weighted by atomic mass is 79.9. The van der Waals surface area contributed by atoms with Gasteiger partial charge in [-0.2, -0.15) is 0 Å². The van der Waals surface area contributed by atoms with E-state index >= 15 is 0 Å². The Kier molecular flexibility index (Phi) is 5.95. The number of halogens is 4. The topological polar surface area (TPSA) is 39.2 Å². The molecule has 7 heteroatoms. The molecule has 0 aliphatic carbocycles. The Balaban J connectivity index is 3.05. The van der Waals surface area contributed by atoms with Gasteiger partial charge in [-0.1, -0.05) is 27.5 Å². The van der Waals surface area contributed by atoms with Crippen LogP contribution < -0.4 is 0 Å². The molecule has 1 rings (SSSR count). The molecule has 0 aliphatic rings. The number of hydrogen-bond acceptors (Lipinski definition) is 3. The van der Waals surface area contributed by atoms with Crippen LogP contribution in [-0.2, 0) is 21.3 Å². The fourth-order valence-corrected chi connectivity index (χ4v) is 2.11. The second-order valence-electron chi connectivity index (χ2n) is 3.38. The summed E-state index contributed by atoms with van der Waals surface area (Å²) in [7, 11) is 0. The zero-order valence-corrected chi connectivity index (χ0v) is 11.9. The number of esters is 1. The second-order valence-corrected chi connectivity index (χ2v) is 4.35. The minimum absolute atomic E-state index is 0.0367. The summed E-state index contributed by atoms with van der Waals surface area (Å²) >= 11 is 8.85. The molecule has 3 nitrogen and oxygen atoms in total. The molecule has 0 amide bonds. The number of ether oxygens (including phenoxy) is 1. The quantitative estimate of drug-likeness (QED) is 0.605. The van der Waals surface area contributed by atoms with Crippen molar-refractivity contribution in [1.29, 1.82) is 0 Å². The van der Waals surface area contributed by atoms with Gasteiger partial charge in [-0.25, -0.2) is 13.8 Å². The fourth-order valence-electron chi connectivity index (χ4n) is 1.37. The van der Waals surface area contributed by atoms with Crippen molar-refractivity contribution < 1.29 is 18.3 Å². The lowest BCUT2D eigenvalue weighted by Gasteiger charge is -2.10. The Morgan fingerprint density at radius 2 is 2.28 bits per heavy atom. The highest BCUT2D eigenvalue weighted by Gasteiger charge is 2.18. The molecule has 0 atom stereocenters. The Morgan fingerprint density at radius 3 is 2.78 bits per heavy atom. The molecule has 100 valence electrons. The maximum atomic E-state index is 12.6. The molecule has 1 aromatic rings. The van der Waals surface area contributed by atoms with Gasteiger partial charge in [-0.3, -0.25) is 4.79 Å². The minimum atomic E-state index is -2.74. The number of rotatable bonds is 5. The van der Waals surface area contributed by atoms with Gasteiger partial charge in [0.05, 0.1) is 23.7 Å². The van der Waals surface area contributed by atoms with Crippen LogP contribution in [0.25, 0.3) is 0 Å². The Hall–Kier alpha value is -0.750. The lowest BCUT2D eigenvalue weighted by atomic mass is 10.1. The van der Waals surface area contributed by atoms with Crippen LogP contribution in [0.5, 0.6) is 0 Å². The molecule has 0 aromatic carbocycles. The smallest absolute Gasteiger partial charge is 0.310 e. The van der Waals surface area contributed by atoms with Gasteiger partial charge in [-0.15, -0.1) is 0 Å². The van der Waals surface area contributed by atoms with Gasteiger partial charge in [0.1, 0.15) is 5.69 Å². The second kappa shape index (κ2) is 6.99. The summed E-state index contributed by atoms with van der Waals surface area (Å²) in [4.78, 5) is 15.1. The SMILES string of the molecule is CCOC(=O)Cc1cc(Cl)c(C(F)F)nc1CBr. The first kappa shape index (κ1) is 15.3. The van der Waals surface area contributed by atoms with E-state index in [0.29, 0.717) is 11.3 Å². The van der Waals surface area contributed by atoms with Gasteiger partial charge in [-0.05, 0) is 18.6 Å². The molecular weight excluding hydrogens is 331 g/mol. The molecule has 0 radical (unpaired) electrons. The highest BCUT2D eigenvalue weighted by Crippen LogP contribution is 2.28. The Bertz CT molecular complexity index is 443. The van der Waals surface area contributed by atoms with E-state index < -0.39 is 18.1 Å². The molecule has 0 saturated heterocycles. The van der Waals surface area contributed by atoms with E-state index in [2.05, 4.69) is 20.9 Å². The van der Waals surface area contributed by atoms with Gasteiger partial charge < -0.3 is 4.74 Å². The average Bonchev–Trinajstić information content (AvgIpc) is 2.29. The van der Waals surface area contributed by atoms with Crippen LogP contribution in [0.4, 0.5) is 8.78 Å². The molecule has 0 unspecified atom stereocenters. The summed E-state index contributed by atoms with van der Waals surface area (Å²) in [6.45, 7) is 1.95. The van der Waals surface area contributed by atoms with Crippen molar-refractivity contribution in [2.45, 2.75) is 25.1 Å². The van der Waals surface area contributed by atoms with Gasteiger partial charge in [0.25, 0.3) is 6.43 Å². The number of nitrogens with zero attached hydrogens (tertiary/aromatic N) is 1. The van der Waals surface area contributed by atoms with Crippen molar-refractivity contribution in [1.82, 2.24) is 4.98 Å².